The lowest BCUT2D eigenvalue weighted by atomic mass is 10.3. The highest BCUT2D eigenvalue weighted by Gasteiger charge is 2.12. The van der Waals surface area contributed by atoms with Crippen LogP contribution in [0.3, 0.4) is 0 Å². The summed E-state index contributed by atoms with van der Waals surface area (Å²) >= 11 is 0.550. The van der Waals surface area contributed by atoms with Gasteiger partial charge in [0.15, 0.2) is 0 Å². The molecule has 0 aliphatic carbocycles. The highest BCUT2D eigenvalue weighted by molar-refractivity contribution is 7.99. The third-order valence-corrected chi connectivity index (χ3v) is 2.46. The van der Waals surface area contributed by atoms with Crippen molar-refractivity contribution in [2.75, 3.05) is 0 Å². The number of hydrogen-bond acceptors (Lipinski definition) is 2. The molecule has 0 N–H and O–H groups in total. The van der Waals surface area contributed by atoms with E-state index in [2.05, 4.69) is 5.10 Å². The predicted molar refractivity (Wildman–Crippen MR) is 44.4 cm³/mol. The van der Waals surface area contributed by atoms with E-state index in [1.165, 1.54) is 4.68 Å². The molecular formula is C7H10F2N2S. The number of alkyl halides is 2. The van der Waals surface area contributed by atoms with Gasteiger partial charge < -0.3 is 0 Å². The van der Waals surface area contributed by atoms with Crippen LogP contribution in [0.4, 0.5) is 8.78 Å². The van der Waals surface area contributed by atoms with Gasteiger partial charge in [-0.2, -0.15) is 13.9 Å². The van der Waals surface area contributed by atoms with Gasteiger partial charge in [-0.05, 0) is 18.2 Å². The average molecular weight is 192 g/mol. The van der Waals surface area contributed by atoms with Gasteiger partial charge in [0, 0.05) is 12.6 Å². The molecule has 0 unspecified atom stereocenters. The molecule has 1 aromatic heterocycles. The van der Waals surface area contributed by atoms with Crippen LogP contribution in [0.25, 0.3) is 0 Å². The summed E-state index contributed by atoms with van der Waals surface area (Å²) in [6.45, 7) is 1.92. The minimum atomic E-state index is -2.37. The zero-order chi connectivity index (χ0) is 9.14. The van der Waals surface area contributed by atoms with Crippen LogP contribution in [0, 0.1) is 0 Å². The van der Waals surface area contributed by atoms with E-state index < -0.39 is 5.76 Å². The van der Waals surface area contributed by atoms with Crippen molar-refractivity contribution in [3.63, 3.8) is 0 Å². The molecule has 2 nitrogen and oxygen atoms in total. The zero-order valence-corrected chi connectivity index (χ0v) is 7.74. The highest BCUT2D eigenvalue weighted by atomic mass is 32.2. The minimum Gasteiger partial charge on any atom is -0.262 e. The molecule has 0 aromatic carbocycles. The van der Waals surface area contributed by atoms with Crippen molar-refractivity contribution in [1.29, 1.82) is 0 Å². The Morgan fingerprint density at radius 2 is 2.33 bits per heavy atom. The molecule has 0 aliphatic rings. The maximum atomic E-state index is 12.0. The van der Waals surface area contributed by atoms with Crippen LogP contribution in [-0.2, 0) is 13.5 Å². The summed E-state index contributed by atoms with van der Waals surface area (Å²) in [4.78, 5) is 0. The molecule has 0 radical (unpaired) electrons. The lowest BCUT2D eigenvalue weighted by molar-refractivity contribution is 0.251. The average Bonchev–Trinajstić information content (AvgIpc) is 2.32. The molecule has 1 rings (SSSR count). The lowest BCUT2D eigenvalue weighted by Crippen LogP contribution is -1.95. The maximum absolute atomic E-state index is 12.0. The van der Waals surface area contributed by atoms with E-state index in [0.717, 1.165) is 12.0 Å². The molecule has 1 aromatic rings. The third-order valence-electron chi connectivity index (χ3n) is 1.54. The Morgan fingerprint density at radius 3 is 2.83 bits per heavy atom. The number of aromatic nitrogens is 2. The van der Waals surface area contributed by atoms with Crippen LogP contribution in [0.15, 0.2) is 11.2 Å². The van der Waals surface area contributed by atoms with Crippen molar-refractivity contribution < 1.29 is 8.78 Å². The molecule has 12 heavy (non-hydrogen) atoms. The van der Waals surface area contributed by atoms with Gasteiger partial charge in [-0.15, -0.1) is 0 Å². The van der Waals surface area contributed by atoms with Crippen LogP contribution in [0.2, 0.25) is 0 Å². The van der Waals surface area contributed by atoms with Gasteiger partial charge in [0.05, 0.1) is 6.20 Å². The van der Waals surface area contributed by atoms with Gasteiger partial charge in [0.2, 0.25) is 0 Å². The first-order valence-corrected chi connectivity index (χ1v) is 4.48. The van der Waals surface area contributed by atoms with Gasteiger partial charge in [0.1, 0.15) is 5.03 Å². The Kier molecular flexibility index (Phi) is 3.08. The Balaban J connectivity index is 2.86. The Bertz CT molecular complexity index is 260. The quantitative estimate of drug-likeness (QED) is 0.684. The third kappa shape index (κ3) is 1.97. The topological polar surface area (TPSA) is 17.8 Å². The van der Waals surface area contributed by atoms with Crippen molar-refractivity contribution >= 4 is 11.8 Å². The van der Waals surface area contributed by atoms with Crippen LogP contribution >= 0.6 is 11.8 Å². The fourth-order valence-electron chi connectivity index (χ4n) is 0.951. The van der Waals surface area contributed by atoms with E-state index in [1.807, 2.05) is 6.92 Å². The standard InChI is InChI=1S/C7H10F2N2S/c1-3-5-4-10-11(2)6(5)12-7(8)9/h4,7H,3H2,1-2H3. The summed E-state index contributed by atoms with van der Waals surface area (Å²) in [6.07, 6.45) is 2.37. The molecule has 5 heteroatoms. The van der Waals surface area contributed by atoms with E-state index >= 15 is 0 Å². The first-order chi connectivity index (χ1) is 5.65. The fourth-order valence-corrected chi connectivity index (χ4v) is 1.67. The Hall–Kier alpha value is -0.580. The number of hydrogen-bond donors (Lipinski definition) is 0. The summed E-state index contributed by atoms with van der Waals surface area (Å²) in [6, 6.07) is 0. The fraction of sp³-hybridized carbons (Fsp3) is 0.571. The first kappa shape index (κ1) is 9.51. The lowest BCUT2D eigenvalue weighted by Gasteiger charge is -2.02. The summed E-state index contributed by atoms with van der Waals surface area (Å²) in [5.41, 5.74) is 0.878. The van der Waals surface area contributed by atoms with Crippen LogP contribution in [0.1, 0.15) is 12.5 Å². The van der Waals surface area contributed by atoms with Gasteiger partial charge in [-0.3, -0.25) is 4.68 Å². The molecule has 1 heterocycles. The van der Waals surface area contributed by atoms with Crippen LogP contribution < -0.4 is 0 Å². The molecule has 0 spiro atoms. The summed E-state index contributed by atoms with van der Waals surface area (Å²) in [7, 11) is 1.67. The molecule has 68 valence electrons. The maximum Gasteiger partial charge on any atom is 0.290 e. The van der Waals surface area contributed by atoms with Crippen LogP contribution in [0.5, 0.6) is 0 Å². The Morgan fingerprint density at radius 1 is 1.67 bits per heavy atom. The molecule has 0 saturated heterocycles. The highest BCUT2D eigenvalue weighted by Crippen LogP contribution is 2.27. The van der Waals surface area contributed by atoms with Crippen molar-refractivity contribution in [3.05, 3.63) is 11.8 Å². The minimum absolute atomic E-state index is 0.550. The van der Waals surface area contributed by atoms with E-state index in [0.29, 0.717) is 16.8 Å². The van der Waals surface area contributed by atoms with Crippen LogP contribution in [-0.4, -0.2) is 15.5 Å². The molecule has 0 bridgehead atoms. The predicted octanol–water partition coefficient (Wildman–Crippen LogP) is 2.30. The molecule has 0 atom stereocenters. The van der Waals surface area contributed by atoms with E-state index in [-0.39, 0.29) is 0 Å². The van der Waals surface area contributed by atoms with E-state index in [1.54, 1.807) is 13.2 Å². The van der Waals surface area contributed by atoms with Gasteiger partial charge in [0.25, 0.3) is 5.76 Å². The van der Waals surface area contributed by atoms with E-state index in [4.69, 9.17) is 0 Å². The number of aryl methyl sites for hydroxylation is 2. The van der Waals surface area contributed by atoms with Crippen molar-refractivity contribution in [1.82, 2.24) is 9.78 Å². The largest absolute Gasteiger partial charge is 0.290 e. The monoisotopic (exact) mass is 192 g/mol. The van der Waals surface area contributed by atoms with Gasteiger partial charge >= 0.3 is 0 Å². The van der Waals surface area contributed by atoms with Crippen molar-refractivity contribution in [2.24, 2.45) is 7.05 Å². The second kappa shape index (κ2) is 3.89. The molecule has 0 amide bonds. The number of rotatable bonds is 3. The van der Waals surface area contributed by atoms with E-state index in [9.17, 15) is 8.78 Å². The van der Waals surface area contributed by atoms with Gasteiger partial charge in [-0.25, -0.2) is 0 Å². The first-order valence-electron chi connectivity index (χ1n) is 3.60. The normalized spacial score (nSPS) is 11.1. The van der Waals surface area contributed by atoms with Gasteiger partial charge in [-0.1, -0.05) is 6.92 Å². The number of halogens is 2. The summed E-state index contributed by atoms with van der Waals surface area (Å²) < 4.78 is 25.5. The SMILES string of the molecule is CCc1cnn(C)c1SC(F)F. The Labute approximate surface area is 74.0 Å². The second-order valence-electron chi connectivity index (χ2n) is 2.33. The number of thioether (sulfide) groups is 1. The van der Waals surface area contributed by atoms with Crippen molar-refractivity contribution in [3.8, 4) is 0 Å². The summed E-state index contributed by atoms with van der Waals surface area (Å²) in [5, 5.41) is 4.47. The molecule has 0 aliphatic heterocycles. The molecule has 0 saturated carbocycles. The van der Waals surface area contributed by atoms with Crippen molar-refractivity contribution in [2.45, 2.75) is 24.1 Å². The second-order valence-corrected chi connectivity index (χ2v) is 3.31. The number of nitrogens with zero attached hydrogens (tertiary/aromatic N) is 2. The summed E-state index contributed by atoms with van der Waals surface area (Å²) in [5.74, 6) is -2.37. The molecule has 0 fully saturated rings. The smallest absolute Gasteiger partial charge is 0.262 e. The molecular weight excluding hydrogens is 182 g/mol. The zero-order valence-electron chi connectivity index (χ0n) is 6.92.